The number of nitrogens with two attached hydrogens (primary N) is 1. The number of anilines is 1. The molecule has 3 aliphatic rings. The van der Waals surface area contributed by atoms with Crippen LogP contribution < -0.4 is 11.1 Å². The highest BCUT2D eigenvalue weighted by Crippen LogP contribution is 2.43. The van der Waals surface area contributed by atoms with Gasteiger partial charge in [0.05, 0.1) is 41.9 Å². The molecule has 33 heavy (non-hydrogen) atoms. The number of halogens is 1. The van der Waals surface area contributed by atoms with Crippen molar-refractivity contribution >= 4 is 17.4 Å². The lowest BCUT2D eigenvalue weighted by Crippen LogP contribution is -2.30. The Labute approximate surface area is 192 Å². The molecule has 0 saturated heterocycles. The van der Waals surface area contributed by atoms with E-state index in [1.165, 1.54) is 6.07 Å². The van der Waals surface area contributed by atoms with Crippen LogP contribution >= 0.6 is 0 Å². The van der Waals surface area contributed by atoms with Crippen LogP contribution in [0.5, 0.6) is 0 Å². The predicted octanol–water partition coefficient (Wildman–Crippen LogP) is 3.62. The summed E-state index contributed by atoms with van der Waals surface area (Å²) in [5.41, 5.74) is 9.39. The van der Waals surface area contributed by atoms with Crippen molar-refractivity contribution in [2.24, 2.45) is 11.1 Å². The maximum atomic E-state index is 15.3. The van der Waals surface area contributed by atoms with Crippen molar-refractivity contribution in [3.05, 3.63) is 46.0 Å². The van der Waals surface area contributed by atoms with Crippen LogP contribution in [0, 0.1) is 11.2 Å². The lowest BCUT2D eigenvalue weighted by Gasteiger charge is -2.31. The molecule has 0 bridgehead atoms. The van der Waals surface area contributed by atoms with E-state index in [1.54, 1.807) is 6.07 Å². The normalized spacial score (nSPS) is 23.8. The molecule has 0 spiro atoms. The minimum absolute atomic E-state index is 0.00860. The van der Waals surface area contributed by atoms with E-state index in [2.05, 4.69) is 19.2 Å². The number of carbonyl (C=O) groups is 2. The van der Waals surface area contributed by atoms with E-state index in [-0.39, 0.29) is 28.9 Å². The van der Waals surface area contributed by atoms with Gasteiger partial charge in [0.2, 0.25) is 0 Å². The monoisotopic (exact) mass is 455 g/mol. The summed E-state index contributed by atoms with van der Waals surface area (Å²) < 4.78 is 22.9. The van der Waals surface area contributed by atoms with Crippen molar-refractivity contribution < 1.29 is 23.8 Å². The zero-order valence-electron chi connectivity index (χ0n) is 19.0. The fraction of sp³-hybridized carbons (Fsp3) is 0.520. The van der Waals surface area contributed by atoms with Gasteiger partial charge < -0.3 is 25.5 Å². The number of fused-ring (bicyclic) bond motifs is 3. The van der Waals surface area contributed by atoms with Gasteiger partial charge in [0.25, 0.3) is 5.91 Å². The van der Waals surface area contributed by atoms with E-state index in [9.17, 15) is 14.7 Å². The van der Waals surface area contributed by atoms with Crippen LogP contribution in [0.1, 0.15) is 83.6 Å². The molecule has 176 valence electrons. The van der Waals surface area contributed by atoms with Gasteiger partial charge in [-0.15, -0.1) is 0 Å². The topological polar surface area (TPSA) is 107 Å². The van der Waals surface area contributed by atoms with Gasteiger partial charge in [0.15, 0.2) is 5.78 Å². The Morgan fingerprint density at radius 1 is 1.18 bits per heavy atom. The summed E-state index contributed by atoms with van der Waals surface area (Å²) in [5.74, 6) is -1.44. The van der Waals surface area contributed by atoms with Crippen LogP contribution in [0.25, 0.3) is 5.69 Å². The Hall–Kier alpha value is -2.71. The Morgan fingerprint density at radius 2 is 1.91 bits per heavy atom. The summed E-state index contributed by atoms with van der Waals surface area (Å²) in [6.07, 6.45) is 3.57. The number of carbonyl (C=O) groups excluding carboxylic acids is 2. The zero-order chi connectivity index (χ0) is 23.5. The second kappa shape index (κ2) is 7.95. The molecule has 7 nitrogen and oxygen atoms in total. The molecule has 5 rings (SSSR count). The summed E-state index contributed by atoms with van der Waals surface area (Å²) >= 11 is 0. The van der Waals surface area contributed by atoms with Crippen LogP contribution in [-0.4, -0.2) is 33.5 Å². The molecule has 1 saturated carbocycles. The number of benzene rings is 1. The highest BCUT2D eigenvalue weighted by Gasteiger charge is 2.39. The lowest BCUT2D eigenvalue weighted by atomic mass is 9.75. The Balaban J connectivity index is 1.64. The first-order valence-corrected chi connectivity index (χ1v) is 11.6. The van der Waals surface area contributed by atoms with Crippen LogP contribution in [0.3, 0.4) is 0 Å². The molecular weight excluding hydrogens is 425 g/mol. The first-order chi connectivity index (χ1) is 15.6. The molecule has 4 N–H and O–H groups in total. The first kappa shape index (κ1) is 22.1. The van der Waals surface area contributed by atoms with Gasteiger partial charge in [-0.3, -0.25) is 9.59 Å². The second-order valence-electron chi connectivity index (χ2n) is 10.4. The number of aliphatic hydroxyl groups excluding tert-OH is 1. The second-order valence-corrected chi connectivity index (χ2v) is 10.4. The summed E-state index contributed by atoms with van der Waals surface area (Å²) in [4.78, 5) is 25.1. The molecule has 2 heterocycles. The van der Waals surface area contributed by atoms with Crippen molar-refractivity contribution in [1.82, 2.24) is 4.57 Å². The first-order valence-electron chi connectivity index (χ1n) is 11.6. The molecule has 1 aromatic heterocycles. The molecule has 1 fully saturated rings. The van der Waals surface area contributed by atoms with Crippen molar-refractivity contribution in [1.29, 1.82) is 0 Å². The van der Waals surface area contributed by atoms with Gasteiger partial charge in [0.1, 0.15) is 5.82 Å². The number of nitrogens with one attached hydrogen (secondary N) is 1. The molecule has 1 amide bonds. The van der Waals surface area contributed by atoms with Gasteiger partial charge in [0, 0.05) is 29.3 Å². The standard InChI is InChI=1S/C25H30FN3O4/c1-25(2)9-19-22(21(31)10-25)16-11-33-12-20(16)29(19)14-7-17(26)23(24(27)32)18(8-14)28-13-3-5-15(30)6-4-13/h7-8,13,15,28,30H,3-6,9-12H2,1-2H3,(H2,27,32)/t13-,15-. The van der Waals surface area contributed by atoms with Crippen LogP contribution in [0.15, 0.2) is 12.1 Å². The fourth-order valence-electron chi connectivity index (χ4n) is 5.66. The lowest BCUT2D eigenvalue weighted by molar-refractivity contribution is 0.0899. The third-order valence-corrected chi connectivity index (χ3v) is 7.16. The maximum absolute atomic E-state index is 15.3. The van der Waals surface area contributed by atoms with Gasteiger partial charge in [-0.05, 0) is 49.7 Å². The average molecular weight is 456 g/mol. The molecule has 0 unspecified atom stereocenters. The summed E-state index contributed by atoms with van der Waals surface area (Å²) in [7, 11) is 0. The number of Topliss-reactive ketones (excluding diaryl/α,β-unsaturated/α-hetero) is 1. The van der Waals surface area contributed by atoms with Gasteiger partial charge >= 0.3 is 0 Å². The third-order valence-electron chi connectivity index (χ3n) is 7.16. The highest BCUT2D eigenvalue weighted by molar-refractivity contribution is 6.01. The molecule has 2 aliphatic carbocycles. The summed E-state index contributed by atoms with van der Waals surface area (Å²) in [6.45, 7) is 4.84. The minimum Gasteiger partial charge on any atom is -0.393 e. The zero-order valence-corrected chi connectivity index (χ0v) is 19.0. The highest BCUT2D eigenvalue weighted by atomic mass is 19.1. The average Bonchev–Trinajstić information content (AvgIpc) is 3.28. The van der Waals surface area contributed by atoms with Crippen LogP contribution in [0.4, 0.5) is 10.1 Å². The van der Waals surface area contributed by atoms with Gasteiger partial charge in [-0.2, -0.15) is 0 Å². The number of aromatic nitrogens is 1. The van der Waals surface area contributed by atoms with Crippen LogP contribution in [0.2, 0.25) is 0 Å². The minimum atomic E-state index is -0.836. The fourth-order valence-corrected chi connectivity index (χ4v) is 5.66. The third kappa shape index (κ3) is 3.85. The number of hydrogen-bond acceptors (Lipinski definition) is 5. The van der Waals surface area contributed by atoms with E-state index in [0.29, 0.717) is 55.8 Å². The predicted molar refractivity (Wildman–Crippen MR) is 121 cm³/mol. The van der Waals surface area contributed by atoms with E-state index < -0.39 is 11.7 Å². The summed E-state index contributed by atoms with van der Waals surface area (Å²) in [5, 5.41) is 13.1. The van der Waals surface area contributed by atoms with Crippen molar-refractivity contribution in [2.75, 3.05) is 5.32 Å². The number of rotatable bonds is 4. The van der Waals surface area contributed by atoms with E-state index in [0.717, 1.165) is 29.8 Å². The molecule has 1 aromatic carbocycles. The number of aliphatic hydroxyl groups is 1. The molecule has 0 atom stereocenters. The van der Waals surface area contributed by atoms with E-state index in [4.69, 9.17) is 10.5 Å². The van der Waals surface area contributed by atoms with Crippen molar-refractivity contribution in [3.8, 4) is 5.69 Å². The Bertz CT molecular complexity index is 1150. The van der Waals surface area contributed by atoms with Crippen LogP contribution in [-0.2, 0) is 24.4 Å². The number of primary amides is 1. The van der Waals surface area contributed by atoms with E-state index in [1.807, 2.05) is 4.57 Å². The number of hydrogen-bond donors (Lipinski definition) is 3. The number of nitrogens with zero attached hydrogens (tertiary/aromatic N) is 1. The quantitative estimate of drug-likeness (QED) is 0.653. The molecule has 2 aromatic rings. The van der Waals surface area contributed by atoms with E-state index >= 15 is 4.39 Å². The Morgan fingerprint density at radius 3 is 2.61 bits per heavy atom. The number of ether oxygens (including phenoxy) is 1. The largest absolute Gasteiger partial charge is 0.393 e. The maximum Gasteiger partial charge on any atom is 0.253 e. The van der Waals surface area contributed by atoms with Gasteiger partial charge in [-0.25, -0.2) is 4.39 Å². The van der Waals surface area contributed by atoms with Crippen molar-refractivity contribution in [2.45, 2.75) is 77.7 Å². The SMILES string of the molecule is CC1(C)CC(=O)c2c3c(n(-c4cc(F)c(C(N)=O)c(N[C@H]5CC[C@H](O)CC5)c4)c2C1)COC3. The number of amides is 1. The molecule has 0 radical (unpaired) electrons. The Kier molecular flexibility index (Phi) is 5.33. The molecular formula is C25H30FN3O4. The summed E-state index contributed by atoms with van der Waals surface area (Å²) in [6, 6.07) is 3.08. The number of ketones is 1. The molecule has 1 aliphatic heterocycles. The smallest absolute Gasteiger partial charge is 0.253 e. The molecule has 8 heteroatoms. The van der Waals surface area contributed by atoms with Gasteiger partial charge in [-0.1, -0.05) is 13.8 Å². The van der Waals surface area contributed by atoms with Crippen molar-refractivity contribution in [3.63, 3.8) is 0 Å².